The van der Waals surface area contributed by atoms with Crippen molar-refractivity contribution in [3.05, 3.63) is 51.7 Å². The molecule has 1 aromatic heterocycles. The Labute approximate surface area is 117 Å². The number of rotatable bonds is 3. The van der Waals surface area contributed by atoms with Gasteiger partial charge in [-0.1, -0.05) is 12.1 Å². The van der Waals surface area contributed by atoms with Crippen LogP contribution in [0.4, 0.5) is 0 Å². The Morgan fingerprint density at radius 1 is 1.37 bits per heavy atom. The van der Waals surface area contributed by atoms with E-state index in [9.17, 15) is 9.90 Å². The van der Waals surface area contributed by atoms with Gasteiger partial charge in [0, 0.05) is 11.9 Å². The summed E-state index contributed by atoms with van der Waals surface area (Å²) in [5.41, 5.74) is 1.28. The molecule has 0 aliphatic heterocycles. The van der Waals surface area contributed by atoms with Crippen molar-refractivity contribution in [1.29, 1.82) is 0 Å². The average Bonchev–Trinajstić information content (AvgIpc) is 2.90. The largest absolute Gasteiger partial charge is 0.507 e. The monoisotopic (exact) mass is 275 g/mol. The quantitative estimate of drug-likeness (QED) is 0.930. The van der Waals surface area contributed by atoms with Crippen molar-refractivity contribution in [3.63, 3.8) is 0 Å². The van der Waals surface area contributed by atoms with Gasteiger partial charge in [0.15, 0.2) is 0 Å². The van der Waals surface area contributed by atoms with Crippen molar-refractivity contribution >= 4 is 17.2 Å². The number of nitrogens with zero attached hydrogens (tertiary/aromatic N) is 1. The minimum atomic E-state index is -0.168. The smallest absolute Gasteiger partial charge is 0.257 e. The molecule has 1 unspecified atom stereocenters. The van der Waals surface area contributed by atoms with E-state index in [-0.39, 0.29) is 17.7 Å². The zero-order chi connectivity index (χ0) is 14.0. The lowest BCUT2D eigenvalue weighted by Crippen LogP contribution is -2.29. The van der Waals surface area contributed by atoms with Crippen molar-refractivity contribution in [2.24, 2.45) is 0 Å². The summed E-state index contributed by atoms with van der Waals surface area (Å²) in [6, 6.07) is 9.08. The Hall–Kier alpha value is -1.81. The minimum absolute atomic E-state index is 0.00629. The van der Waals surface area contributed by atoms with E-state index in [1.54, 1.807) is 35.4 Å². The van der Waals surface area contributed by atoms with Crippen LogP contribution in [-0.2, 0) is 0 Å². The molecule has 0 fully saturated rings. The van der Waals surface area contributed by atoms with Gasteiger partial charge in [-0.05, 0) is 43.0 Å². The lowest BCUT2D eigenvalue weighted by atomic mass is 10.1. The van der Waals surface area contributed by atoms with E-state index in [2.05, 4.69) is 0 Å². The fourth-order valence-electron chi connectivity index (χ4n) is 1.91. The van der Waals surface area contributed by atoms with Crippen LogP contribution in [0.2, 0.25) is 0 Å². The molecular formula is C15H17NO2S. The first kappa shape index (κ1) is 13.6. The SMILES string of the molecule is Cc1ccc(C(=O)N(C)C(C)c2cccs2)c(O)c1. The molecule has 19 heavy (non-hydrogen) atoms. The second-order valence-electron chi connectivity index (χ2n) is 4.63. The first-order valence-corrected chi connectivity index (χ1v) is 6.99. The molecule has 1 aromatic carbocycles. The summed E-state index contributed by atoms with van der Waals surface area (Å²) in [5, 5.41) is 11.9. The second kappa shape index (κ2) is 5.45. The summed E-state index contributed by atoms with van der Waals surface area (Å²) >= 11 is 1.62. The lowest BCUT2D eigenvalue weighted by molar-refractivity contribution is 0.0742. The molecule has 0 aliphatic rings. The van der Waals surface area contributed by atoms with Crippen LogP contribution in [-0.4, -0.2) is 23.0 Å². The van der Waals surface area contributed by atoms with E-state index in [0.29, 0.717) is 5.56 Å². The molecule has 0 bridgehead atoms. The number of amides is 1. The van der Waals surface area contributed by atoms with Gasteiger partial charge in [0.2, 0.25) is 0 Å². The number of hydrogen-bond donors (Lipinski definition) is 1. The van der Waals surface area contributed by atoms with E-state index in [1.807, 2.05) is 37.4 Å². The van der Waals surface area contributed by atoms with Gasteiger partial charge in [0.25, 0.3) is 5.91 Å². The molecule has 1 N–H and O–H groups in total. The molecule has 1 atom stereocenters. The summed E-state index contributed by atoms with van der Waals surface area (Å²) in [7, 11) is 1.76. The van der Waals surface area contributed by atoms with Gasteiger partial charge in [-0.2, -0.15) is 0 Å². The van der Waals surface area contributed by atoms with Crippen LogP contribution in [0, 0.1) is 6.92 Å². The maximum atomic E-state index is 12.4. The third kappa shape index (κ3) is 2.79. The topological polar surface area (TPSA) is 40.5 Å². The lowest BCUT2D eigenvalue weighted by Gasteiger charge is -2.24. The average molecular weight is 275 g/mol. The summed E-state index contributed by atoms with van der Waals surface area (Å²) in [6.07, 6.45) is 0. The van der Waals surface area contributed by atoms with Gasteiger partial charge in [-0.3, -0.25) is 4.79 Å². The van der Waals surface area contributed by atoms with E-state index in [0.717, 1.165) is 10.4 Å². The number of hydrogen-bond acceptors (Lipinski definition) is 3. The number of phenolic OH excluding ortho intramolecular Hbond substituents is 1. The molecule has 0 saturated heterocycles. The van der Waals surface area contributed by atoms with Crippen molar-refractivity contribution in [2.45, 2.75) is 19.9 Å². The number of aromatic hydroxyl groups is 1. The zero-order valence-electron chi connectivity index (χ0n) is 11.3. The maximum Gasteiger partial charge on any atom is 0.257 e. The Morgan fingerprint density at radius 3 is 2.68 bits per heavy atom. The number of carbonyl (C=O) groups is 1. The molecule has 1 heterocycles. The number of phenols is 1. The molecule has 100 valence electrons. The van der Waals surface area contributed by atoms with Crippen LogP contribution in [0.1, 0.15) is 33.8 Å². The molecule has 2 rings (SSSR count). The fourth-order valence-corrected chi connectivity index (χ4v) is 2.73. The van der Waals surface area contributed by atoms with Crippen LogP contribution in [0.25, 0.3) is 0 Å². The van der Waals surface area contributed by atoms with E-state index < -0.39 is 0 Å². The number of aryl methyl sites for hydroxylation is 1. The first-order valence-electron chi connectivity index (χ1n) is 6.11. The Balaban J connectivity index is 2.24. The molecule has 1 amide bonds. The number of benzene rings is 1. The highest BCUT2D eigenvalue weighted by molar-refractivity contribution is 7.10. The summed E-state index contributed by atoms with van der Waals surface area (Å²) < 4.78 is 0. The second-order valence-corrected chi connectivity index (χ2v) is 5.61. The fraction of sp³-hybridized carbons (Fsp3) is 0.267. The standard InChI is InChI=1S/C15H17NO2S/c1-10-6-7-12(13(17)9-10)15(18)16(3)11(2)14-5-4-8-19-14/h4-9,11,17H,1-3H3. The summed E-state index contributed by atoms with van der Waals surface area (Å²) in [4.78, 5) is 15.2. The highest BCUT2D eigenvalue weighted by Crippen LogP contribution is 2.27. The third-order valence-electron chi connectivity index (χ3n) is 3.24. The molecule has 3 nitrogen and oxygen atoms in total. The van der Waals surface area contributed by atoms with Gasteiger partial charge in [0.05, 0.1) is 11.6 Å². The van der Waals surface area contributed by atoms with Gasteiger partial charge in [0.1, 0.15) is 5.75 Å². The van der Waals surface area contributed by atoms with E-state index >= 15 is 0 Å². The van der Waals surface area contributed by atoms with Gasteiger partial charge >= 0.3 is 0 Å². The number of thiophene rings is 1. The van der Waals surface area contributed by atoms with Crippen molar-refractivity contribution in [2.75, 3.05) is 7.05 Å². The first-order chi connectivity index (χ1) is 9.00. The summed E-state index contributed by atoms with van der Waals surface area (Å²) in [6.45, 7) is 3.86. The molecule has 0 saturated carbocycles. The van der Waals surface area contributed by atoms with E-state index in [1.165, 1.54) is 0 Å². The van der Waals surface area contributed by atoms with Crippen molar-refractivity contribution < 1.29 is 9.90 Å². The highest BCUT2D eigenvalue weighted by Gasteiger charge is 2.21. The third-order valence-corrected chi connectivity index (χ3v) is 4.28. The van der Waals surface area contributed by atoms with Crippen molar-refractivity contribution in [1.82, 2.24) is 4.90 Å². The Morgan fingerprint density at radius 2 is 2.11 bits per heavy atom. The normalized spacial score (nSPS) is 12.2. The van der Waals surface area contributed by atoms with Crippen molar-refractivity contribution in [3.8, 4) is 5.75 Å². The van der Waals surface area contributed by atoms with E-state index in [4.69, 9.17) is 0 Å². The number of carbonyl (C=O) groups excluding carboxylic acids is 1. The van der Waals surface area contributed by atoms with Crippen LogP contribution >= 0.6 is 11.3 Å². The molecule has 4 heteroatoms. The molecule has 2 aromatic rings. The van der Waals surface area contributed by atoms with Gasteiger partial charge in [-0.25, -0.2) is 0 Å². The van der Waals surface area contributed by atoms with Crippen LogP contribution in [0.15, 0.2) is 35.7 Å². The highest BCUT2D eigenvalue weighted by atomic mass is 32.1. The summed E-state index contributed by atoms with van der Waals surface area (Å²) in [5.74, 6) is -0.131. The molecule has 0 aliphatic carbocycles. The van der Waals surface area contributed by atoms with Gasteiger partial charge in [-0.15, -0.1) is 11.3 Å². The Bertz CT molecular complexity index is 578. The van der Waals surface area contributed by atoms with Gasteiger partial charge < -0.3 is 10.0 Å². The minimum Gasteiger partial charge on any atom is -0.507 e. The van der Waals surface area contributed by atoms with Crippen LogP contribution < -0.4 is 0 Å². The molecule has 0 radical (unpaired) electrons. The zero-order valence-corrected chi connectivity index (χ0v) is 12.1. The van der Waals surface area contributed by atoms with Crippen LogP contribution in [0.3, 0.4) is 0 Å². The predicted octanol–water partition coefficient (Wildman–Crippen LogP) is 3.60. The Kier molecular flexibility index (Phi) is 3.90. The maximum absolute atomic E-state index is 12.4. The molecular weight excluding hydrogens is 258 g/mol. The predicted molar refractivity (Wildman–Crippen MR) is 77.7 cm³/mol. The van der Waals surface area contributed by atoms with Crippen LogP contribution in [0.5, 0.6) is 5.75 Å². The molecule has 0 spiro atoms.